The Balaban J connectivity index is 0.00000196. The van der Waals surface area contributed by atoms with E-state index in [-0.39, 0.29) is 24.9 Å². The zero-order chi connectivity index (χ0) is 10.2. The Bertz CT molecular complexity index is 280. The smallest absolute Gasteiger partial charge is 0.257 e. The molecule has 0 heterocycles. The lowest BCUT2D eigenvalue weighted by atomic mass is 10.3. The first-order valence-electron chi connectivity index (χ1n) is 4.47. The van der Waals surface area contributed by atoms with Crippen LogP contribution in [0.1, 0.15) is 0 Å². The largest absolute Gasteiger partial charge is 0.484 e. The van der Waals surface area contributed by atoms with Gasteiger partial charge in [-0.05, 0) is 12.1 Å². The fraction of sp³-hybridized carbons (Fsp3) is 0.300. The minimum absolute atomic E-state index is 0. The molecular formula is C10H15ClN2O2. The summed E-state index contributed by atoms with van der Waals surface area (Å²) in [6.45, 7) is 0.956. The molecule has 0 bridgehead atoms. The van der Waals surface area contributed by atoms with E-state index in [1.165, 1.54) is 0 Å². The van der Waals surface area contributed by atoms with E-state index in [9.17, 15) is 4.79 Å². The second-order valence-corrected chi connectivity index (χ2v) is 2.74. The number of para-hydroxylation sites is 1. The SMILES string of the molecule is Cl.NCCNC(=O)COc1ccccc1. The lowest BCUT2D eigenvalue weighted by Crippen LogP contribution is -2.32. The van der Waals surface area contributed by atoms with Crippen LogP contribution in [-0.2, 0) is 4.79 Å². The van der Waals surface area contributed by atoms with Gasteiger partial charge in [0.1, 0.15) is 5.75 Å². The molecule has 4 nitrogen and oxygen atoms in total. The highest BCUT2D eigenvalue weighted by atomic mass is 35.5. The molecule has 5 heteroatoms. The van der Waals surface area contributed by atoms with Gasteiger partial charge in [-0.2, -0.15) is 0 Å². The molecule has 0 atom stereocenters. The van der Waals surface area contributed by atoms with Crippen LogP contribution in [0.15, 0.2) is 30.3 Å². The van der Waals surface area contributed by atoms with Gasteiger partial charge in [0.2, 0.25) is 0 Å². The molecule has 0 unspecified atom stereocenters. The number of ether oxygens (including phenoxy) is 1. The first kappa shape index (κ1) is 13.7. The number of nitrogens with two attached hydrogens (primary N) is 1. The zero-order valence-electron chi connectivity index (χ0n) is 8.31. The molecule has 0 spiro atoms. The van der Waals surface area contributed by atoms with Crippen molar-refractivity contribution in [1.29, 1.82) is 0 Å². The molecule has 1 rings (SSSR count). The summed E-state index contributed by atoms with van der Waals surface area (Å²) in [6, 6.07) is 9.20. The van der Waals surface area contributed by atoms with Gasteiger partial charge in [-0.25, -0.2) is 0 Å². The molecule has 84 valence electrons. The van der Waals surface area contributed by atoms with Gasteiger partial charge < -0.3 is 15.8 Å². The average Bonchev–Trinajstić information content (AvgIpc) is 2.25. The van der Waals surface area contributed by atoms with Gasteiger partial charge in [-0.3, -0.25) is 4.79 Å². The summed E-state index contributed by atoms with van der Waals surface area (Å²) in [7, 11) is 0. The molecule has 1 aromatic rings. The first-order valence-corrected chi connectivity index (χ1v) is 4.47. The van der Waals surface area contributed by atoms with Gasteiger partial charge in [0, 0.05) is 13.1 Å². The number of carbonyl (C=O) groups excluding carboxylic acids is 1. The van der Waals surface area contributed by atoms with E-state index in [0.29, 0.717) is 18.8 Å². The van der Waals surface area contributed by atoms with Gasteiger partial charge in [0.25, 0.3) is 5.91 Å². The van der Waals surface area contributed by atoms with Crippen LogP contribution in [0, 0.1) is 0 Å². The van der Waals surface area contributed by atoms with Crippen LogP contribution < -0.4 is 15.8 Å². The maximum Gasteiger partial charge on any atom is 0.257 e. The molecule has 1 amide bonds. The van der Waals surface area contributed by atoms with Gasteiger partial charge in [0.05, 0.1) is 0 Å². The molecule has 0 saturated carbocycles. The van der Waals surface area contributed by atoms with Crippen molar-refractivity contribution >= 4 is 18.3 Å². The van der Waals surface area contributed by atoms with Crippen LogP contribution in [0.2, 0.25) is 0 Å². The van der Waals surface area contributed by atoms with E-state index >= 15 is 0 Å². The summed E-state index contributed by atoms with van der Waals surface area (Å²) >= 11 is 0. The van der Waals surface area contributed by atoms with E-state index in [2.05, 4.69) is 5.32 Å². The molecule has 0 radical (unpaired) electrons. The fourth-order valence-corrected chi connectivity index (χ4v) is 0.928. The Kier molecular flexibility index (Phi) is 7.40. The second kappa shape index (κ2) is 8.08. The lowest BCUT2D eigenvalue weighted by Gasteiger charge is -2.05. The maximum absolute atomic E-state index is 11.1. The first-order chi connectivity index (χ1) is 6.83. The van der Waals surface area contributed by atoms with Crippen LogP contribution in [0.4, 0.5) is 0 Å². The molecule has 0 saturated heterocycles. The zero-order valence-corrected chi connectivity index (χ0v) is 9.13. The quantitative estimate of drug-likeness (QED) is 0.777. The van der Waals surface area contributed by atoms with Crippen molar-refractivity contribution in [1.82, 2.24) is 5.32 Å². The molecule has 3 N–H and O–H groups in total. The second-order valence-electron chi connectivity index (χ2n) is 2.74. The van der Waals surface area contributed by atoms with E-state index in [1.54, 1.807) is 12.1 Å². The molecule has 0 fully saturated rings. The summed E-state index contributed by atoms with van der Waals surface area (Å²) in [5, 5.41) is 2.61. The summed E-state index contributed by atoms with van der Waals surface area (Å²) < 4.78 is 5.21. The van der Waals surface area contributed by atoms with Crippen LogP contribution in [-0.4, -0.2) is 25.6 Å². The molecule has 0 aromatic heterocycles. The summed E-state index contributed by atoms with van der Waals surface area (Å²) in [5.41, 5.74) is 5.23. The Morgan fingerprint density at radius 1 is 1.33 bits per heavy atom. The standard InChI is InChI=1S/C10H14N2O2.ClH/c11-6-7-12-10(13)8-14-9-4-2-1-3-5-9;/h1-5H,6-8,11H2,(H,12,13);1H. The Morgan fingerprint density at radius 3 is 2.60 bits per heavy atom. The molecule has 15 heavy (non-hydrogen) atoms. The highest BCUT2D eigenvalue weighted by Gasteiger charge is 2.00. The van der Waals surface area contributed by atoms with Crippen molar-refractivity contribution in [2.75, 3.05) is 19.7 Å². The predicted molar refractivity (Wildman–Crippen MR) is 61.2 cm³/mol. The number of benzene rings is 1. The Labute approximate surface area is 95.2 Å². The number of amides is 1. The van der Waals surface area contributed by atoms with Crippen LogP contribution >= 0.6 is 12.4 Å². The third-order valence-electron chi connectivity index (χ3n) is 1.58. The number of nitrogens with one attached hydrogen (secondary N) is 1. The maximum atomic E-state index is 11.1. The van der Waals surface area contributed by atoms with Gasteiger partial charge in [0.15, 0.2) is 6.61 Å². The average molecular weight is 231 g/mol. The van der Waals surface area contributed by atoms with E-state index in [4.69, 9.17) is 10.5 Å². The summed E-state index contributed by atoms with van der Waals surface area (Å²) in [4.78, 5) is 11.1. The Morgan fingerprint density at radius 2 is 2.00 bits per heavy atom. The van der Waals surface area contributed by atoms with E-state index < -0.39 is 0 Å². The predicted octanol–water partition coefficient (Wildman–Crippen LogP) is 0.562. The normalized spacial score (nSPS) is 8.87. The van der Waals surface area contributed by atoms with E-state index in [1.807, 2.05) is 18.2 Å². The molecular weight excluding hydrogens is 216 g/mol. The number of rotatable bonds is 5. The van der Waals surface area contributed by atoms with Crippen LogP contribution in [0.3, 0.4) is 0 Å². The van der Waals surface area contributed by atoms with Crippen molar-refractivity contribution < 1.29 is 9.53 Å². The van der Waals surface area contributed by atoms with E-state index in [0.717, 1.165) is 0 Å². The number of hydrogen-bond acceptors (Lipinski definition) is 3. The highest BCUT2D eigenvalue weighted by Crippen LogP contribution is 2.07. The minimum Gasteiger partial charge on any atom is -0.484 e. The summed E-state index contributed by atoms with van der Waals surface area (Å²) in [6.07, 6.45) is 0. The topological polar surface area (TPSA) is 64.3 Å². The van der Waals surface area contributed by atoms with Crippen molar-refractivity contribution in [3.63, 3.8) is 0 Å². The third kappa shape index (κ3) is 5.93. The number of carbonyl (C=O) groups is 1. The number of hydrogen-bond donors (Lipinski definition) is 2. The molecule has 1 aromatic carbocycles. The van der Waals surface area contributed by atoms with Gasteiger partial charge in [-0.15, -0.1) is 12.4 Å². The number of halogens is 1. The van der Waals surface area contributed by atoms with Crippen LogP contribution in [0.25, 0.3) is 0 Å². The van der Waals surface area contributed by atoms with Crippen molar-refractivity contribution in [3.8, 4) is 5.75 Å². The third-order valence-corrected chi connectivity index (χ3v) is 1.58. The highest BCUT2D eigenvalue weighted by molar-refractivity contribution is 5.85. The van der Waals surface area contributed by atoms with Crippen LogP contribution in [0.5, 0.6) is 5.75 Å². The Hall–Kier alpha value is -1.26. The van der Waals surface area contributed by atoms with Gasteiger partial charge in [-0.1, -0.05) is 18.2 Å². The fourth-order valence-electron chi connectivity index (χ4n) is 0.928. The molecule has 0 aliphatic rings. The minimum atomic E-state index is -0.153. The molecule has 0 aliphatic heterocycles. The van der Waals surface area contributed by atoms with Crippen molar-refractivity contribution in [2.45, 2.75) is 0 Å². The van der Waals surface area contributed by atoms with Gasteiger partial charge >= 0.3 is 0 Å². The molecule has 0 aliphatic carbocycles. The van der Waals surface area contributed by atoms with Crippen molar-refractivity contribution in [3.05, 3.63) is 30.3 Å². The van der Waals surface area contributed by atoms with Crippen molar-refractivity contribution in [2.24, 2.45) is 5.73 Å². The summed E-state index contributed by atoms with van der Waals surface area (Å²) in [5.74, 6) is 0.537. The monoisotopic (exact) mass is 230 g/mol. The lowest BCUT2D eigenvalue weighted by molar-refractivity contribution is -0.123.